The van der Waals surface area contributed by atoms with Crippen molar-refractivity contribution in [2.75, 3.05) is 0 Å². The van der Waals surface area contributed by atoms with Gasteiger partial charge in [-0.05, 0) is 81.0 Å². The summed E-state index contributed by atoms with van der Waals surface area (Å²) in [5, 5.41) is 0. The zero-order chi connectivity index (χ0) is 66.9. The second-order valence-electron chi connectivity index (χ2n) is 29.4. The fourth-order valence-electron chi connectivity index (χ4n) is 13.7. The predicted molar refractivity (Wildman–Crippen MR) is 427 cm³/mol. The molecule has 2 aromatic rings. The fraction of sp³-hybridized carbons (Fsp3) is 0.783. The van der Waals surface area contributed by atoms with Crippen LogP contribution in [0.2, 0.25) is 0 Å². The van der Waals surface area contributed by atoms with Crippen LogP contribution in [0, 0.1) is 23.7 Å². The maximum Gasteiger partial charge on any atom is 0.0848 e. The summed E-state index contributed by atoms with van der Waals surface area (Å²) in [6, 6.07) is 17.4. The van der Waals surface area contributed by atoms with Gasteiger partial charge in [-0.1, -0.05) is 455 Å². The molecule has 95 heavy (non-hydrogen) atoms. The van der Waals surface area contributed by atoms with Crippen molar-refractivity contribution in [1.29, 1.82) is 0 Å². The van der Waals surface area contributed by atoms with Crippen molar-refractivity contribution >= 4 is 22.8 Å². The molecule has 2 aromatic carbocycles. The van der Waals surface area contributed by atoms with E-state index < -0.39 is 0 Å². The minimum Gasteiger partial charge on any atom is -0.251 e. The van der Waals surface area contributed by atoms with Gasteiger partial charge in [-0.15, -0.1) is 0 Å². The summed E-state index contributed by atoms with van der Waals surface area (Å²) in [5.41, 5.74) is 6.20. The van der Waals surface area contributed by atoms with E-state index in [0.29, 0.717) is 0 Å². The molecule has 0 bridgehead atoms. The molecule has 3 heteroatoms. The van der Waals surface area contributed by atoms with E-state index in [4.69, 9.17) is 9.98 Å². The SMILES string of the molecule is CCCCCCCCCCC#Cc1cccc(N=C(C=CCCCCCCCCCCCCCCCCCCCCCC)C(CCCCCCCCCCCCCCCCCCCCCCCCCCCCCC)=Nc2cccc(C#CCCCCCCCCCC)c2)c1.[Ni]. The summed E-state index contributed by atoms with van der Waals surface area (Å²) >= 11 is 0. The molecular weight excluding hydrogens is 1190 g/mol. The van der Waals surface area contributed by atoms with E-state index in [-0.39, 0.29) is 16.5 Å². The van der Waals surface area contributed by atoms with Crippen LogP contribution in [0.4, 0.5) is 11.4 Å². The Morgan fingerprint density at radius 1 is 0.284 bits per heavy atom. The van der Waals surface area contributed by atoms with Gasteiger partial charge in [0.15, 0.2) is 0 Å². The molecule has 0 aliphatic carbocycles. The maximum absolute atomic E-state index is 5.52. The van der Waals surface area contributed by atoms with Crippen LogP contribution in [0.15, 0.2) is 70.7 Å². The van der Waals surface area contributed by atoms with Gasteiger partial charge < -0.3 is 0 Å². The molecule has 0 aliphatic heterocycles. The molecule has 0 saturated carbocycles. The van der Waals surface area contributed by atoms with Crippen LogP contribution < -0.4 is 0 Å². The Bertz CT molecular complexity index is 2120. The number of benzene rings is 2. The van der Waals surface area contributed by atoms with Crippen molar-refractivity contribution in [1.82, 2.24) is 0 Å². The van der Waals surface area contributed by atoms with E-state index in [2.05, 4.69) is 112 Å². The first-order chi connectivity index (χ1) is 46.7. The molecule has 2 nitrogen and oxygen atoms in total. The van der Waals surface area contributed by atoms with Crippen LogP contribution in [0.5, 0.6) is 0 Å². The minimum atomic E-state index is 0. The Morgan fingerprint density at radius 3 is 0.811 bits per heavy atom. The summed E-state index contributed by atoms with van der Waals surface area (Å²) in [7, 11) is 0. The van der Waals surface area contributed by atoms with Gasteiger partial charge in [0.2, 0.25) is 0 Å². The Kier molecular flexibility index (Phi) is 71.5. The van der Waals surface area contributed by atoms with Crippen LogP contribution in [0.25, 0.3) is 0 Å². The van der Waals surface area contributed by atoms with Gasteiger partial charge in [0.05, 0.1) is 22.8 Å². The first-order valence-electron chi connectivity index (χ1n) is 42.7. The van der Waals surface area contributed by atoms with E-state index in [9.17, 15) is 0 Å². The molecule has 0 saturated heterocycles. The van der Waals surface area contributed by atoms with Gasteiger partial charge in [-0.2, -0.15) is 0 Å². The number of unbranched alkanes of at least 4 members (excludes halogenated alkanes) is 63. The van der Waals surface area contributed by atoms with Crippen molar-refractivity contribution in [2.45, 2.75) is 464 Å². The number of nitrogens with zero attached hydrogens (tertiary/aromatic N) is 2. The Hall–Kier alpha value is -2.87. The number of hydrogen-bond donors (Lipinski definition) is 0. The Balaban J connectivity index is 0.0000451. The van der Waals surface area contributed by atoms with Crippen LogP contribution in [-0.2, 0) is 16.5 Å². The number of rotatable bonds is 70. The smallest absolute Gasteiger partial charge is 0.0848 e. The molecule has 2 rings (SSSR count). The summed E-state index contributed by atoms with van der Waals surface area (Å²) in [4.78, 5) is 11.0. The molecule has 0 N–H and O–H groups in total. The third-order valence-electron chi connectivity index (χ3n) is 20.0. The molecule has 546 valence electrons. The quantitative estimate of drug-likeness (QED) is 0.0273. The molecule has 0 unspecified atom stereocenters. The van der Waals surface area contributed by atoms with Crippen molar-refractivity contribution in [3.05, 3.63) is 71.8 Å². The van der Waals surface area contributed by atoms with Gasteiger partial charge >= 0.3 is 0 Å². The zero-order valence-electron chi connectivity index (χ0n) is 64.1. The van der Waals surface area contributed by atoms with Gasteiger partial charge in [-0.25, -0.2) is 4.99 Å². The molecule has 0 amide bonds. The van der Waals surface area contributed by atoms with E-state index in [1.54, 1.807) is 0 Å². The second kappa shape index (κ2) is 75.3. The standard InChI is InChI=1S/C92H158N2.Ni/c1-5-9-13-17-21-25-29-31-33-35-37-39-41-42-43-44-45-46-48-50-52-54-56-58-62-66-70-74-84-92(94-90-82-76-80-88(86-90)78-72-68-64-60-28-24-20-16-12-8-4)91(93-89-81-75-79-87(85-89)77-71-67-63-59-27-23-19-15-11-7-3)83-73-69-65-61-57-55-53-51-49-47-40-38-36-34-32-30-26-22-18-14-10-6-2;/h73,75-76,79-83,85-86H,5-70,74,84H2,1-4H3;. The summed E-state index contributed by atoms with van der Waals surface area (Å²) in [6.07, 6.45) is 98.1. The van der Waals surface area contributed by atoms with E-state index in [1.165, 1.54) is 405 Å². The van der Waals surface area contributed by atoms with Gasteiger partial charge in [0, 0.05) is 40.5 Å². The third-order valence-corrected chi connectivity index (χ3v) is 20.0. The fourth-order valence-corrected chi connectivity index (χ4v) is 13.7. The summed E-state index contributed by atoms with van der Waals surface area (Å²) < 4.78 is 0. The second-order valence-corrected chi connectivity index (χ2v) is 29.4. The molecular formula is C92H158N2Ni. The Labute approximate surface area is 605 Å². The molecule has 0 aliphatic rings. The molecule has 0 aromatic heterocycles. The number of allylic oxidation sites excluding steroid dienone is 2. The normalized spacial score (nSPS) is 11.7. The van der Waals surface area contributed by atoms with Crippen LogP contribution >= 0.6 is 0 Å². The van der Waals surface area contributed by atoms with E-state index >= 15 is 0 Å². The van der Waals surface area contributed by atoms with E-state index in [0.717, 1.165) is 66.0 Å². The minimum absolute atomic E-state index is 0. The predicted octanol–water partition coefficient (Wildman–Crippen LogP) is 32.4. The van der Waals surface area contributed by atoms with Crippen LogP contribution in [0.1, 0.15) is 475 Å². The third kappa shape index (κ3) is 63.1. The monoisotopic (exact) mass is 1350 g/mol. The van der Waals surface area contributed by atoms with Crippen molar-refractivity contribution in [3.8, 4) is 23.7 Å². The van der Waals surface area contributed by atoms with Crippen molar-refractivity contribution in [2.24, 2.45) is 9.98 Å². The van der Waals surface area contributed by atoms with Crippen LogP contribution in [0.3, 0.4) is 0 Å². The van der Waals surface area contributed by atoms with Crippen LogP contribution in [-0.4, -0.2) is 11.4 Å². The Morgan fingerprint density at radius 2 is 0.526 bits per heavy atom. The maximum atomic E-state index is 5.52. The van der Waals surface area contributed by atoms with Crippen molar-refractivity contribution < 1.29 is 16.5 Å². The molecule has 0 heterocycles. The first kappa shape index (κ1) is 90.1. The summed E-state index contributed by atoms with van der Waals surface area (Å²) in [5.74, 6) is 14.1. The van der Waals surface area contributed by atoms with Crippen molar-refractivity contribution in [3.63, 3.8) is 0 Å². The molecule has 0 fully saturated rings. The largest absolute Gasteiger partial charge is 0.251 e. The number of hydrogen-bond acceptors (Lipinski definition) is 2. The zero-order valence-corrected chi connectivity index (χ0v) is 65.1. The molecule has 0 atom stereocenters. The first-order valence-corrected chi connectivity index (χ1v) is 42.7. The van der Waals surface area contributed by atoms with Gasteiger partial charge in [0.1, 0.15) is 0 Å². The number of aliphatic imine (C=N–C) groups is 2. The van der Waals surface area contributed by atoms with E-state index in [1.807, 2.05) is 0 Å². The molecule has 0 radical (unpaired) electrons. The average Bonchev–Trinajstić information content (AvgIpc) is 0.962. The topological polar surface area (TPSA) is 24.7 Å². The summed E-state index contributed by atoms with van der Waals surface area (Å²) in [6.45, 7) is 9.23. The van der Waals surface area contributed by atoms with Gasteiger partial charge in [0.25, 0.3) is 0 Å². The van der Waals surface area contributed by atoms with Gasteiger partial charge in [-0.3, -0.25) is 4.99 Å². The average molecular weight is 1350 g/mol. The molecule has 0 spiro atoms.